The van der Waals surface area contributed by atoms with Crippen LogP contribution in [-0.4, -0.2) is 25.3 Å². The van der Waals surface area contributed by atoms with Crippen LogP contribution in [0.15, 0.2) is 24.3 Å². The van der Waals surface area contributed by atoms with Gasteiger partial charge in [0, 0.05) is 18.2 Å². The Bertz CT molecular complexity index is 365. The molecule has 0 spiro atoms. The lowest BCUT2D eigenvalue weighted by molar-refractivity contribution is -0.0295. The van der Waals surface area contributed by atoms with E-state index in [-0.39, 0.29) is 5.60 Å². The first-order chi connectivity index (χ1) is 8.11. The Morgan fingerprint density at radius 3 is 2.76 bits per heavy atom. The molecule has 1 saturated heterocycles. The molecule has 1 heterocycles. The van der Waals surface area contributed by atoms with Gasteiger partial charge in [0.05, 0.1) is 5.60 Å². The van der Waals surface area contributed by atoms with Crippen molar-refractivity contribution in [2.75, 3.05) is 13.7 Å². The second-order valence-corrected chi connectivity index (χ2v) is 5.53. The van der Waals surface area contributed by atoms with Crippen LogP contribution in [0.5, 0.6) is 0 Å². The molecule has 0 unspecified atom stereocenters. The third-order valence-corrected chi connectivity index (χ3v) is 3.91. The molecule has 0 amide bonds. The Balaban J connectivity index is 1.97. The van der Waals surface area contributed by atoms with Gasteiger partial charge in [-0.05, 0) is 50.4 Å². The molecule has 0 radical (unpaired) electrons. The molecule has 2 atom stereocenters. The van der Waals surface area contributed by atoms with Gasteiger partial charge in [0.25, 0.3) is 0 Å². The fraction of sp³-hybridized carbons (Fsp3) is 0.571. The first-order valence-corrected chi connectivity index (χ1v) is 6.52. The SMILES string of the molecule is CO[C@]1(C)CCN[C@@H](Cc2ccc(Cl)cc2)C1. The number of benzene rings is 1. The van der Waals surface area contributed by atoms with Gasteiger partial charge in [0.15, 0.2) is 0 Å². The molecule has 17 heavy (non-hydrogen) atoms. The van der Waals surface area contributed by atoms with Gasteiger partial charge in [-0.3, -0.25) is 0 Å². The molecule has 0 aliphatic carbocycles. The first-order valence-electron chi connectivity index (χ1n) is 6.14. The molecule has 94 valence electrons. The summed E-state index contributed by atoms with van der Waals surface area (Å²) in [7, 11) is 1.81. The molecule has 1 aliphatic heterocycles. The molecule has 3 heteroatoms. The summed E-state index contributed by atoms with van der Waals surface area (Å²) < 4.78 is 5.60. The number of rotatable bonds is 3. The minimum absolute atomic E-state index is 0.0301. The zero-order chi connectivity index (χ0) is 12.3. The summed E-state index contributed by atoms with van der Waals surface area (Å²) in [5.74, 6) is 0. The van der Waals surface area contributed by atoms with Gasteiger partial charge < -0.3 is 10.1 Å². The van der Waals surface area contributed by atoms with Crippen molar-refractivity contribution in [3.8, 4) is 0 Å². The van der Waals surface area contributed by atoms with Gasteiger partial charge in [-0.1, -0.05) is 23.7 Å². The van der Waals surface area contributed by atoms with Crippen LogP contribution in [0.4, 0.5) is 0 Å². The van der Waals surface area contributed by atoms with Gasteiger partial charge in [0.2, 0.25) is 0 Å². The van der Waals surface area contributed by atoms with Crippen molar-refractivity contribution < 1.29 is 4.74 Å². The number of nitrogens with one attached hydrogen (secondary N) is 1. The average Bonchev–Trinajstić information content (AvgIpc) is 2.32. The quantitative estimate of drug-likeness (QED) is 0.894. The molecule has 1 aromatic rings. The lowest BCUT2D eigenvalue weighted by Crippen LogP contribution is -2.48. The summed E-state index contributed by atoms with van der Waals surface area (Å²) >= 11 is 5.89. The van der Waals surface area contributed by atoms with Crippen LogP contribution in [0.25, 0.3) is 0 Å². The summed E-state index contributed by atoms with van der Waals surface area (Å²) in [5.41, 5.74) is 1.36. The molecule has 1 aliphatic rings. The van der Waals surface area contributed by atoms with E-state index in [4.69, 9.17) is 16.3 Å². The normalized spacial score (nSPS) is 29.2. The van der Waals surface area contributed by atoms with Gasteiger partial charge in [-0.2, -0.15) is 0 Å². The lowest BCUT2D eigenvalue weighted by atomic mass is 9.86. The zero-order valence-corrected chi connectivity index (χ0v) is 11.3. The molecular weight excluding hydrogens is 234 g/mol. The number of methoxy groups -OCH3 is 1. The van der Waals surface area contributed by atoms with Gasteiger partial charge >= 0.3 is 0 Å². The number of hydrogen-bond acceptors (Lipinski definition) is 2. The van der Waals surface area contributed by atoms with Crippen LogP contribution in [0.1, 0.15) is 25.3 Å². The minimum Gasteiger partial charge on any atom is -0.378 e. The van der Waals surface area contributed by atoms with E-state index in [1.807, 2.05) is 19.2 Å². The summed E-state index contributed by atoms with van der Waals surface area (Å²) in [5, 5.41) is 4.36. The number of hydrogen-bond donors (Lipinski definition) is 1. The highest BCUT2D eigenvalue weighted by Gasteiger charge is 2.31. The smallest absolute Gasteiger partial charge is 0.0677 e. The molecule has 1 N–H and O–H groups in total. The highest BCUT2D eigenvalue weighted by molar-refractivity contribution is 6.30. The second-order valence-electron chi connectivity index (χ2n) is 5.09. The molecule has 2 nitrogen and oxygen atoms in total. The largest absolute Gasteiger partial charge is 0.378 e. The fourth-order valence-electron chi connectivity index (χ4n) is 2.47. The van der Waals surface area contributed by atoms with E-state index < -0.39 is 0 Å². The molecule has 0 bridgehead atoms. The van der Waals surface area contributed by atoms with E-state index in [2.05, 4.69) is 24.4 Å². The Hall–Kier alpha value is -0.570. The average molecular weight is 254 g/mol. The van der Waals surface area contributed by atoms with E-state index in [1.165, 1.54) is 5.56 Å². The highest BCUT2D eigenvalue weighted by Crippen LogP contribution is 2.26. The summed E-state index contributed by atoms with van der Waals surface area (Å²) in [6.07, 6.45) is 3.18. The summed E-state index contributed by atoms with van der Waals surface area (Å²) in [4.78, 5) is 0. The third-order valence-electron chi connectivity index (χ3n) is 3.65. The van der Waals surface area contributed by atoms with Crippen molar-refractivity contribution in [1.82, 2.24) is 5.32 Å². The van der Waals surface area contributed by atoms with Gasteiger partial charge in [-0.25, -0.2) is 0 Å². The molecule has 1 aromatic carbocycles. The standard InChI is InChI=1S/C14H20ClNO/c1-14(17-2)7-8-16-13(10-14)9-11-3-5-12(15)6-4-11/h3-6,13,16H,7-10H2,1-2H3/t13-,14+/m0/s1. The molecule has 0 saturated carbocycles. The Labute approximate surface area is 108 Å². The van der Waals surface area contributed by atoms with E-state index in [1.54, 1.807) is 0 Å². The Morgan fingerprint density at radius 1 is 1.41 bits per heavy atom. The molecule has 2 rings (SSSR count). The molecule has 1 fully saturated rings. The minimum atomic E-state index is 0.0301. The zero-order valence-electron chi connectivity index (χ0n) is 10.5. The van der Waals surface area contributed by atoms with E-state index in [9.17, 15) is 0 Å². The summed E-state index contributed by atoms with van der Waals surface area (Å²) in [6.45, 7) is 3.23. The predicted octanol–water partition coefficient (Wildman–Crippen LogP) is 3.04. The van der Waals surface area contributed by atoms with Crippen molar-refractivity contribution in [2.24, 2.45) is 0 Å². The van der Waals surface area contributed by atoms with Crippen LogP contribution in [0, 0.1) is 0 Å². The lowest BCUT2D eigenvalue weighted by Gasteiger charge is -2.38. The van der Waals surface area contributed by atoms with Crippen LogP contribution in [-0.2, 0) is 11.2 Å². The second kappa shape index (κ2) is 5.38. The van der Waals surface area contributed by atoms with E-state index in [0.717, 1.165) is 30.8 Å². The number of piperidine rings is 1. The first kappa shape index (κ1) is 12.9. The Kier molecular flexibility index (Phi) is 4.08. The molecular formula is C14H20ClNO. The predicted molar refractivity (Wildman–Crippen MR) is 71.6 cm³/mol. The Morgan fingerprint density at radius 2 is 2.12 bits per heavy atom. The third kappa shape index (κ3) is 3.44. The van der Waals surface area contributed by atoms with Crippen molar-refractivity contribution in [3.63, 3.8) is 0 Å². The maximum atomic E-state index is 5.89. The number of ether oxygens (including phenoxy) is 1. The van der Waals surface area contributed by atoms with Crippen LogP contribution in [0.2, 0.25) is 5.02 Å². The van der Waals surface area contributed by atoms with Crippen LogP contribution < -0.4 is 5.32 Å². The van der Waals surface area contributed by atoms with Crippen molar-refractivity contribution in [2.45, 2.75) is 37.8 Å². The highest BCUT2D eigenvalue weighted by atomic mass is 35.5. The van der Waals surface area contributed by atoms with Crippen LogP contribution >= 0.6 is 11.6 Å². The maximum absolute atomic E-state index is 5.89. The fourth-order valence-corrected chi connectivity index (χ4v) is 2.60. The van der Waals surface area contributed by atoms with Crippen molar-refractivity contribution in [1.29, 1.82) is 0 Å². The van der Waals surface area contributed by atoms with Gasteiger partial charge in [-0.15, -0.1) is 0 Å². The number of halogens is 1. The van der Waals surface area contributed by atoms with E-state index >= 15 is 0 Å². The van der Waals surface area contributed by atoms with E-state index in [0.29, 0.717) is 6.04 Å². The molecule has 0 aromatic heterocycles. The maximum Gasteiger partial charge on any atom is 0.0677 e. The van der Waals surface area contributed by atoms with Crippen molar-refractivity contribution in [3.05, 3.63) is 34.9 Å². The topological polar surface area (TPSA) is 21.3 Å². The summed E-state index contributed by atoms with van der Waals surface area (Å²) in [6, 6.07) is 8.60. The van der Waals surface area contributed by atoms with Crippen molar-refractivity contribution >= 4 is 11.6 Å². The van der Waals surface area contributed by atoms with Gasteiger partial charge in [0.1, 0.15) is 0 Å². The monoisotopic (exact) mass is 253 g/mol. The van der Waals surface area contributed by atoms with Crippen LogP contribution in [0.3, 0.4) is 0 Å².